The molecule has 0 radical (unpaired) electrons. The third-order valence-corrected chi connectivity index (χ3v) is 4.31. The van der Waals surface area contributed by atoms with Crippen molar-refractivity contribution in [1.29, 1.82) is 0 Å². The van der Waals surface area contributed by atoms with Gasteiger partial charge in [-0.3, -0.25) is 9.59 Å². The zero-order chi connectivity index (χ0) is 20.2. The summed E-state index contributed by atoms with van der Waals surface area (Å²) in [5.74, 6) is 0.375. The first-order valence-corrected chi connectivity index (χ1v) is 9.66. The van der Waals surface area contributed by atoms with Crippen molar-refractivity contribution in [1.82, 2.24) is 5.32 Å². The number of hydrogen-bond acceptors (Lipinski definition) is 7. The first kappa shape index (κ1) is 21.4. The fourth-order valence-corrected chi connectivity index (χ4v) is 2.77. The van der Waals surface area contributed by atoms with Crippen LogP contribution in [0.3, 0.4) is 0 Å². The molecule has 0 saturated heterocycles. The number of pyridine rings is 1. The monoisotopic (exact) mass is 406 g/mol. The van der Waals surface area contributed by atoms with E-state index in [4.69, 9.17) is 14.2 Å². The number of amides is 1. The van der Waals surface area contributed by atoms with Crippen LogP contribution in [0.2, 0.25) is 0 Å². The smallest absolute Gasteiger partial charge is 0.317 e. The average Bonchev–Trinajstić information content (AvgIpc) is 2.70. The third kappa shape index (κ3) is 7.75. The molecule has 28 heavy (non-hydrogen) atoms. The highest BCUT2D eigenvalue weighted by Gasteiger charge is 2.11. The molecule has 0 aliphatic heterocycles. The first-order valence-electron chi connectivity index (χ1n) is 8.67. The molecule has 8 nitrogen and oxygen atoms in total. The van der Waals surface area contributed by atoms with Gasteiger partial charge in [-0.1, -0.05) is 0 Å². The lowest BCUT2D eigenvalue weighted by molar-refractivity contribution is -0.645. The Kier molecular flexibility index (Phi) is 8.93. The van der Waals surface area contributed by atoms with Crippen LogP contribution in [0.1, 0.15) is 6.92 Å². The van der Waals surface area contributed by atoms with Gasteiger partial charge in [0.25, 0.3) is 10.9 Å². The average molecular weight is 406 g/mol. The molecule has 0 atom stereocenters. The number of esters is 1. The summed E-state index contributed by atoms with van der Waals surface area (Å²) in [6, 6.07) is 12.1. The molecule has 1 heterocycles. The molecule has 2 rings (SSSR count). The van der Waals surface area contributed by atoms with E-state index in [2.05, 4.69) is 5.32 Å². The minimum absolute atomic E-state index is 0.0552. The van der Waals surface area contributed by atoms with Crippen LogP contribution in [0.5, 0.6) is 11.5 Å². The Balaban J connectivity index is 1.57. The number of benzene rings is 1. The number of nitrogens with one attached hydrogen (secondary N) is 1. The van der Waals surface area contributed by atoms with Crippen molar-refractivity contribution in [2.45, 2.75) is 11.9 Å². The summed E-state index contributed by atoms with van der Waals surface area (Å²) in [6.45, 7) is 2.68. The van der Waals surface area contributed by atoms with Gasteiger partial charge in [-0.2, -0.15) is 4.73 Å². The summed E-state index contributed by atoms with van der Waals surface area (Å²) in [4.78, 5) is 23.3. The fraction of sp³-hybridized carbons (Fsp3) is 0.316. The van der Waals surface area contributed by atoms with E-state index in [1.807, 2.05) is 6.92 Å². The molecule has 0 spiro atoms. The summed E-state index contributed by atoms with van der Waals surface area (Å²) in [5, 5.41) is 14.4. The van der Waals surface area contributed by atoms with Crippen molar-refractivity contribution in [2.24, 2.45) is 0 Å². The number of hydrogen-bond donors (Lipinski definition) is 1. The van der Waals surface area contributed by atoms with Crippen LogP contribution in [0.15, 0.2) is 53.7 Å². The maximum absolute atomic E-state index is 11.7. The molecule has 0 unspecified atom stereocenters. The van der Waals surface area contributed by atoms with Gasteiger partial charge in [0.05, 0.1) is 13.2 Å². The number of rotatable bonds is 11. The van der Waals surface area contributed by atoms with Gasteiger partial charge < -0.3 is 24.7 Å². The van der Waals surface area contributed by atoms with E-state index in [1.165, 1.54) is 6.20 Å². The predicted octanol–water partition coefficient (Wildman–Crippen LogP) is 1.55. The van der Waals surface area contributed by atoms with Crippen molar-refractivity contribution in [3.63, 3.8) is 0 Å². The zero-order valence-corrected chi connectivity index (χ0v) is 16.3. The van der Waals surface area contributed by atoms with E-state index in [9.17, 15) is 14.8 Å². The van der Waals surface area contributed by atoms with E-state index in [0.717, 1.165) is 17.5 Å². The van der Waals surface area contributed by atoms with Gasteiger partial charge in [0.1, 0.15) is 23.9 Å². The molecule has 150 valence electrons. The van der Waals surface area contributed by atoms with Crippen LogP contribution >= 0.6 is 11.8 Å². The molecule has 1 amide bonds. The second-order valence-electron chi connectivity index (χ2n) is 5.42. The fourth-order valence-electron chi connectivity index (χ4n) is 2.05. The summed E-state index contributed by atoms with van der Waals surface area (Å²) in [7, 11) is 0. The number of nitrogens with zero attached hydrogens (tertiary/aromatic N) is 1. The molecule has 0 fully saturated rings. The van der Waals surface area contributed by atoms with Gasteiger partial charge in [0, 0.05) is 12.1 Å². The minimum Gasteiger partial charge on any atom is -0.618 e. The van der Waals surface area contributed by atoms with Crippen molar-refractivity contribution >= 4 is 23.6 Å². The molecule has 0 bridgehead atoms. The molecule has 0 saturated carbocycles. The highest BCUT2D eigenvalue weighted by molar-refractivity contribution is 7.99. The lowest BCUT2D eigenvalue weighted by Crippen LogP contribution is -2.32. The molecular weight excluding hydrogens is 384 g/mol. The van der Waals surface area contributed by atoms with Gasteiger partial charge in [0.2, 0.25) is 0 Å². The Morgan fingerprint density at radius 3 is 2.50 bits per heavy atom. The quantitative estimate of drug-likeness (QED) is 0.199. The maximum Gasteiger partial charge on any atom is 0.317 e. The van der Waals surface area contributed by atoms with Crippen LogP contribution in [0, 0.1) is 5.21 Å². The molecule has 0 aliphatic rings. The van der Waals surface area contributed by atoms with Crippen LogP contribution in [0.25, 0.3) is 0 Å². The molecule has 2 aromatic rings. The zero-order valence-electron chi connectivity index (χ0n) is 15.5. The Morgan fingerprint density at radius 2 is 1.82 bits per heavy atom. The Labute approximate surface area is 167 Å². The maximum atomic E-state index is 11.7. The molecule has 1 N–H and O–H groups in total. The van der Waals surface area contributed by atoms with Crippen LogP contribution in [-0.2, 0) is 14.3 Å². The number of aromatic nitrogens is 1. The number of ether oxygens (including phenoxy) is 3. The highest BCUT2D eigenvalue weighted by Crippen LogP contribution is 2.17. The largest absolute Gasteiger partial charge is 0.618 e. The Morgan fingerprint density at radius 1 is 1.11 bits per heavy atom. The van der Waals surface area contributed by atoms with Gasteiger partial charge in [-0.05, 0) is 49.0 Å². The van der Waals surface area contributed by atoms with Crippen molar-refractivity contribution in [3.05, 3.63) is 53.9 Å². The summed E-state index contributed by atoms with van der Waals surface area (Å²) < 4.78 is 16.4. The molecular formula is C19H22N2O6S. The topological polar surface area (TPSA) is 101 Å². The normalized spacial score (nSPS) is 10.2. The second kappa shape index (κ2) is 11.7. The summed E-state index contributed by atoms with van der Waals surface area (Å²) in [5.41, 5.74) is 0. The standard InChI is InChI=1S/C19H22N2O6S/c1-2-25-15-6-8-16(9-7-15)26-12-10-20-17(22)13-27-19(23)14-28-18-5-3-4-11-21(18)24/h3-9,11H,2,10,12-14H2,1H3,(H,20,22). The number of thioether (sulfide) groups is 1. The van der Waals surface area contributed by atoms with Crippen LogP contribution < -0.4 is 19.5 Å². The number of carbonyl (C=O) groups is 2. The van der Waals surface area contributed by atoms with E-state index in [0.29, 0.717) is 22.1 Å². The van der Waals surface area contributed by atoms with E-state index in [-0.39, 0.29) is 25.5 Å². The Bertz CT molecular complexity index is 769. The second-order valence-corrected chi connectivity index (χ2v) is 6.41. The number of carbonyl (C=O) groups excluding carboxylic acids is 2. The van der Waals surface area contributed by atoms with Crippen LogP contribution in [0.4, 0.5) is 0 Å². The Hall–Kier alpha value is -2.94. The third-order valence-electron chi connectivity index (χ3n) is 3.32. The molecule has 1 aromatic carbocycles. The van der Waals surface area contributed by atoms with Gasteiger partial charge >= 0.3 is 5.97 Å². The van der Waals surface area contributed by atoms with Gasteiger partial charge in [-0.15, -0.1) is 0 Å². The lowest BCUT2D eigenvalue weighted by atomic mass is 10.3. The van der Waals surface area contributed by atoms with Crippen molar-refractivity contribution < 1.29 is 28.5 Å². The molecule has 1 aromatic heterocycles. The van der Waals surface area contributed by atoms with Gasteiger partial charge in [-0.25, -0.2) is 0 Å². The lowest BCUT2D eigenvalue weighted by Gasteiger charge is -2.09. The highest BCUT2D eigenvalue weighted by atomic mass is 32.2. The van der Waals surface area contributed by atoms with E-state index >= 15 is 0 Å². The van der Waals surface area contributed by atoms with Gasteiger partial charge in [0.15, 0.2) is 12.8 Å². The predicted molar refractivity (Wildman–Crippen MR) is 103 cm³/mol. The first-order chi connectivity index (χ1) is 13.6. The summed E-state index contributed by atoms with van der Waals surface area (Å²) >= 11 is 1.05. The summed E-state index contributed by atoms with van der Waals surface area (Å²) in [6.07, 6.45) is 1.34. The van der Waals surface area contributed by atoms with Crippen molar-refractivity contribution in [2.75, 3.05) is 32.1 Å². The van der Waals surface area contributed by atoms with Crippen LogP contribution in [-0.4, -0.2) is 44.0 Å². The SMILES string of the molecule is CCOc1ccc(OCCNC(=O)COC(=O)CSc2cccc[n+]2[O-])cc1. The van der Waals surface area contributed by atoms with E-state index < -0.39 is 11.9 Å². The minimum atomic E-state index is -0.574. The van der Waals surface area contributed by atoms with E-state index in [1.54, 1.807) is 42.5 Å². The molecule has 0 aliphatic carbocycles. The van der Waals surface area contributed by atoms with Crippen molar-refractivity contribution in [3.8, 4) is 11.5 Å². The molecule has 9 heteroatoms.